The molecule has 0 aromatic heterocycles. The fourth-order valence-corrected chi connectivity index (χ4v) is 2.11. The normalized spacial score (nSPS) is 29.4. The summed E-state index contributed by atoms with van der Waals surface area (Å²) in [5.74, 6) is -0.647. The number of primary amides is 1. The van der Waals surface area contributed by atoms with E-state index in [1.54, 1.807) is 31.2 Å². The van der Waals surface area contributed by atoms with Gasteiger partial charge in [0, 0.05) is 11.5 Å². The molecule has 0 bridgehead atoms. The SMILES string of the molecule is CC(CO)(CO)C1(C(N)=O)C=CC=CC1N. The molecule has 2 unspecified atom stereocenters. The summed E-state index contributed by atoms with van der Waals surface area (Å²) >= 11 is 0. The number of aliphatic hydroxyl groups excluding tert-OH is 2. The molecule has 0 heterocycles. The Morgan fingerprint density at radius 3 is 2.38 bits per heavy atom. The summed E-state index contributed by atoms with van der Waals surface area (Å²) in [6.45, 7) is 0.831. The van der Waals surface area contributed by atoms with Gasteiger partial charge in [-0.15, -0.1) is 0 Å². The Labute approximate surface area is 94.4 Å². The third-order valence-corrected chi connectivity index (χ3v) is 3.42. The van der Waals surface area contributed by atoms with Crippen LogP contribution in [-0.2, 0) is 4.79 Å². The lowest BCUT2D eigenvalue weighted by Crippen LogP contribution is -2.61. The first-order valence-electron chi connectivity index (χ1n) is 5.08. The highest BCUT2D eigenvalue weighted by Crippen LogP contribution is 2.44. The quantitative estimate of drug-likeness (QED) is 0.488. The summed E-state index contributed by atoms with van der Waals surface area (Å²) in [7, 11) is 0. The molecule has 0 aromatic carbocycles. The van der Waals surface area contributed by atoms with Gasteiger partial charge in [0.25, 0.3) is 0 Å². The highest BCUT2D eigenvalue weighted by Gasteiger charge is 2.54. The minimum Gasteiger partial charge on any atom is -0.396 e. The molecule has 0 radical (unpaired) electrons. The molecule has 0 aliphatic heterocycles. The maximum absolute atomic E-state index is 11.7. The third kappa shape index (κ3) is 1.57. The van der Waals surface area contributed by atoms with Gasteiger partial charge in [0.15, 0.2) is 0 Å². The van der Waals surface area contributed by atoms with Crippen LogP contribution in [0.4, 0.5) is 0 Å². The second-order valence-corrected chi connectivity index (χ2v) is 4.38. The molecule has 90 valence electrons. The Kier molecular flexibility index (Phi) is 3.52. The van der Waals surface area contributed by atoms with Crippen LogP contribution in [0.5, 0.6) is 0 Å². The number of rotatable bonds is 4. The number of nitrogens with two attached hydrogens (primary N) is 2. The zero-order valence-corrected chi connectivity index (χ0v) is 9.26. The summed E-state index contributed by atoms with van der Waals surface area (Å²) < 4.78 is 0. The fraction of sp³-hybridized carbons (Fsp3) is 0.545. The first kappa shape index (κ1) is 12.9. The van der Waals surface area contributed by atoms with Gasteiger partial charge in [0.1, 0.15) is 0 Å². The molecule has 0 spiro atoms. The molecule has 6 N–H and O–H groups in total. The van der Waals surface area contributed by atoms with Gasteiger partial charge in [-0.05, 0) is 0 Å². The Morgan fingerprint density at radius 2 is 2.00 bits per heavy atom. The zero-order valence-electron chi connectivity index (χ0n) is 9.26. The van der Waals surface area contributed by atoms with Gasteiger partial charge in [-0.3, -0.25) is 4.79 Å². The second-order valence-electron chi connectivity index (χ2n) is 4.38. The second kappa shape index (κ2) is 4.37. The molecule has 0 saturated heterocycles. The minimum absolute atomic E-state index is 0.377. The molecule has 0 aromatic rings. The van der Waals surface area contributed by atoms with Crippen LogP contribution in [0.3, 0.4) is 0 Å². The van der Waals surface area contributed by atoms with Gasteiger partial charge in [0.2, 0.25) is 5.91 Å². The van der Waals surface area contributed by atoms with Crippen LogP contribution in [-0.4, -0.2) is 35.4 Å². The summed E-state index contributed by atoms with van der Waals surface area (Å²) in [5.41, 5.74) is 8.95. The Balaban J connectivity index is 3.32. The van der Waals surface area contributed by atoms with Crippen molar-refractivity contribution in [2.75, 3.05) is 13.2 Å². The molecule has 0 saturated carbocycles. The monoisotopic (exact) mass is 226 g/mol. The average molecular weight is 226 g/mol. The van der Waals surface area contributed by atoms with Crippen molar-refractivity contribution in [1.82, 2.24) is 0 Å². The van der Waals surface area contributed by atoms with Crippen LogP contribution in [0, 0.1) is 10.8 Å². The van der Waals surface area contributed by atoms with Crippen molar-refractivity contribution in [3.05, 3.63) is 24.3 Å². The summed E-state index contributed by atoms with van der Waals surface area (Å²) in [6, 6.07) is -0.653. The van der Waals surface area contributed by atoms with Gasteiger partial charge in [-0.1, -0.05) is 31.2 Å². The standard InChI is InChI=1S/C11H18N2O3/c1-10(6-14,7-15)11(9(13)16)5-3-2-4-8(11)12/h2-5,8,14-15H,6-7,12H2,1H3,(H2,13,16). The van der Waals surface area contributed by atoms with E-state index in [0.29, 0.717) is 0 Å². The van der Waals surface area contributed by atoms with Crippen LogP contribution in [0.15, 0.2) is 24.3 Å². The summed E-state index contributed by atoms with van der Waals surface area (Å²) in [6.07, 6.45) is 6.56. The van der Waals surface area contributed by atoms with Crippen LogP contribution >= 0.6 is 0 Å². The highest BCUT2D eigenvalue weighted by atomic mass is 16.3. The molecular weight excluding hydrogens is 208 g/mol. The van der Waals surface area contributed by atoms with E-state index < -0.39 is 22.8 Å². The molecular formula is C11H18N2O3. The summed E-state index contributed by atoms with van der Waals surface area (Å²) in [4.78, 5) is 11.7. The van der Waals surface area contributed by atoms with Gasteiger partial charge in [-0.25, -0.2) is 0 Å². The first-order valence-corrected chi connectivity index (χ1v) is 5.08. The van der Waals surface area contributed by atoms with Crippen molar-refractivity contribution < 1.29 is 15.0 Å². The number of hydrogen-bond donors (Lipinski definition) is 4. The molecule has 2 atom stereocenters. The van der Waals surface area contributed by atoms with Crippen LogP contribution in [0.1, 0.15) is 6.92 Å². The van der Waals surface area contributed by atoms with E-state index in [0.717, 1.165) is 0 Å². The largest absolute Gasteiger partial charge is 0.396 e. The molecule has 1 amide bonds. The van der Waals surface area contributed by atoms with E-state index in [9.17, 15) is 15.0 Å². The maximum Gasteiger partial charge on any atom is 0.230 e. The van der Waals surface area contributed by atoms with Crippen molar-refractivity contribution in [1.29, 1.82) is 0 Å². The lowest BCUT2D eigenvalue weighted by molar-refractivity contribution is -0.137. The number of amides is 1. The average Bonchev–Trinajstić information content (AvgIpc) is 2.28. The van der Waals surface area contributed by atoms with Gasteiger partial charge in [-0.2, -0.15) is 0 Å². The highest BCUT2D eigenvalue weighted by molar-refractivity contribution is 5.86. The Hall–Kier alpha value is -1.17. The number of aliphatic hydroxyl groups is 2. The molecule has 0 fully saturated rings. The molecule has 5 heteroatoms. The number of carbonyl (C=O) groups excluding carboxylic acids is 1. The van der Waals surface area contributed by atoms with E-state index in [1.165, 1.54) is 0 Å². The van der Waals surface area contributed by atoms with Gasteiger partial charge in [0.05, 0.1) is 18.6 Å². The van der Waals surface area contributed by atoms with Crippen molar-refractivity contribution >= 4 is 5.91 Å². The smallest absolute Gasteiger partial charge is 0.230 e. The maximum atomic E-state index is 11.7. The van der Waals surface area contributed by atoms with Crippen molar-refractivity contribution in [2.45, 2.75) is 13.0 Å². The molecule has 1 aliphatic carbocycles. The summed E-state index contributed by atoms with van der Waals surface area (Å²) in [5, 5.41) is 18.8. The van der Waals surface area contributed by atoms with E-state index in [4.69, 9.17) is 11.5 Å². The number of allylic oxidation sites excluding steroid dienone is 2. The van der Waals surface area contributed by atoms with E-state index >= 15 is 0 Å². The van der Waals surface area contributed by atoms with Crippen molar-refractivity contribution in [3.8, 4) is 0 Å². The van der Waals surface area contributed by atoms with Crippen LogP contribution in [0.25, 0.3) is 0 Å². The lowest BCUT2D eigenvalue weighted by Gasteiger charge is -2.46. The predicted molar refractivity (Wildman–Crippen MR) is 60.2 cm³/mol. The van der Waals surface area contributed by atoms with Crippen LogP contribution in [0.2, 0.25) is 0 Å². The van der Waals surface area contributed by atoms with Crippen LogP contribution < -0.4 is 11.5 Å². The third-order valence-electron chi connectivity index (χ3n) is 3.42. The molecule has 1 aliphatic rings. The molecule has 16 heavy (non-hydrogen) atoms. The Morgan fingerprint density at radius 1 is 1.44 bits per heavy atom. The van der Waals surface area contributed by atoms with Gasteiger partial charge >= 0.3 is 0 Å². The molecule has 1 rings (SSSR count). The van der Waals surface area contributed by atoms with E-state index in [2.05, 4.69) is 0 Å². The van der Waals surface area contributed by atoms with Gasteiger partial charge < -0.3 is 21.7 Å². The topological polar surface area (TPSA) is 110 Å². The predicted octanol–water partition coefficient (Wildman–Crippen LogP) is -1.10. The van der Waals surface area contributed by atoms with E-state index in [-0.39, 0.29) is 13.2 Å². The van der Waals surface area contributed by atoms with Crippen molar-refractivity contribution in [3.63, 3.8) is 0 Å². The zero-order chi connectivity index (χ0) is 12.4. The number of carbonyl (C=O) groups is 1. The van der Waals surface area contributed by atoms with E-state index in [1.807, 2.05) is 0 Å². The number of hydrogen-bond acceptors (Lipinski definition) is 4. The Bertz CT molecular complexity index is 334. The lowest BCUT2D eigenvalue weighted by atomic mass is 9.59. The fourth-order valence-electron chi connectivity index (χ4n) is 2.11. The minimum atomic E-state index is -1.26. The molecule has 5 nitrogen and oxygen atoms in total. The van der Waals surface area contributed by atoms with Crippen molar-refractivity contribution in [2.24, 2.45) is 22.3 Å². The first-order chi connectivity index (χ1) is 7.44.